The average Bonchev–Trinajstić information content (AvgIpc) is 2.44. The molecule has 0 aliphatic carbocycles. The zero-order valence-electron chi connectivity index (χ0n) is 12.2. The van der Waals surface area contributed by atoms with Crippen LogP contribution in [0.3, 0.4) is 0 Å². The normalized spacial score (nSPS) is 15.9. The Morgan fingerprint density at radius 2 is 0.893 bits per heavy atom. The van der Waals surface area contributed by atoms with Gasteiger partial charge in [0.15, 0.2) is 0 Å². The fourth-order valence-corrected chi connectivity index (χ4v) is 1.47. The minimum absolute atomic E-state index is 3.08. The van der Waals surface area contributed by atoms with E-state index in [1.54, 1.807) is 0 Å². The Morgan fingerprint density at radius 1 is 0.607 bits per heavy atom. The van der Waals surface area contributed by atoms with Gasteiger partial charge in [-0.05, 0) is 0 Å². The van der Waals surface area contributed by atoms with Gasteiger partial charge in [0.1, 0.15) is 6.42 Å². The summed E-state index contributed by atoms with van der Waals surface area (Å²) in [5, 5.41) is 7.84. The number of carboxylic acids is 1. The number of aliphatic carboxylic acids is 1. The van der Waals surface area contributed by atoms with Crippen LogP contribution in [0.25, 0.3) is 0 Å². The van der Waals surface area contributed by atoms with E-state index in [-0.39, 0.29) is 0 Å². The molecule has 0 bridgehead atoms. The largest absolute Gasteiger partial charge is 0.481 e. The molecule has 0 radical (unpaired) electrons. The molecule has 0 amide bonds. The molecule has 0 atom stereocenters. The summed E-state index contributed by atoms with van der Waals surface area (Å²) in [5.74, 6) is -58.7. The smallest absolute Gasteiger partial charge is 0.384 e. The third-order valence-electron chi connectivity index (χ3n) is 3.10. The van der Waals surface area contributed by atoms with E-state index in [4.69, 9.17) is 5.11 Å². The van der Waals surface area contributed by atoms with Crippen molar-refractivity contribution in [3.8, 4) is 0 Å². The van der Waals surface area contributed by atoms with Crippen molar-refractivity contribution >= 4 is 5.97 Å². The first-order valence-corrected chi connectivity index (χ1v) is 6.01. The third-order valence-corrected chi connectivity index (χ3v) is 3.10. The van der Waals surface area contributed by atoms with Crippen molar-refractivity contribution in [3.63, 3.8) is 0 Å². The van der Waals surface area contributed by atoms with E-state index < -0.39 is 60.3 Å². The number of carboxylic acid groups (broad SMARTS) is 1. The fraction of sp³-hybridized carbons (Fsp3) is 0.900. The highest BCUT2D eigenvalue weighted by atomic mass is 19.4. The van der Waals surface area contributed by atoms with Gasteiger partial charge in [0, 0.05) is 0 Å². The lowest BCUT2D eigenvalue weighted by Gasteiger charge is -2.42. The fourth-order valence-electron chi connectivity index (χ4n) is 1.47. The Hall–Kier alpha value is -1.65. The molecule has 0 saturated carbocycles. The molecule has 2 nitrogen and oxygen atoms in total. The van der Waals surface area contributed by atoms with Crippen LogP contribution < -0.4 is 0 Å². The van der Waals surface area contributed by atoms with E-state index in [1.165, 1.54) is 0 Å². The van der Waals surface area contributed by atoms with Crippen LogP contribution in [0.2, 0.25) is 0 Å². The average molecular weight is 460 g/mol. The van der Waals surface area contributed by atoms with Gasteiger partial charge in [0.05, 0.1) is 0 Å². The molecule has 0 spiro atoms. The predicted octanol–water partition coefficient (Wildman–Crippen LogP) is 5.17. The molecule has 28 heavy (non-hydrogen) atoms. The van der Waals surface area contributed by atoms with Crippen molar-refractivity contribution < 1.29 is 80.1 Å². The van der Waals surface area contributed by atoms with Crippen LogP contribution in [0.15, 0.2) is 0 Å². The molecular weight excluding hydrogens is 456 g/mol. The van der Waals surface area contributed by atoms with Crippen LogP contribution in [0.5, 0.6) is 0 Å². The maximum Gasteiger partial charge on any atom is 0.384 e. The molecule has 0 heterocycles. The summed E-state index contributed by atoms with van der Waals surface area (Å²) in [5.41, 5.74) is 0. The third kappa shape index (κ3) is 3.31. The van der Waals surface area contributed by atoms with E-state index in [2.05, 4.69) is 0 Å². The first-order valence-electron chi connectivity index (χ1n) is 6.01. The first kappa shape index (κ1) is 26.3. The van der Waals surface area contributed by atoms with Crippen LogP contribution in [0.4, 0.5) is 70.2 Å². The monoisotopic (exact) mass is 460 g/mol. The minimum atomic E-state index is -8.51. The van der Waals surface area contributed by atoms with Gasteiger partial charge in [-0.1, -0.05) is 0 Å². The maximum absolute atomic E-state index is 13.1. The summed E-state index contributed by atoms with van der Waals surface area (Å²) in [6, 6.07) is 0. The van der Waals surface area contributed by atoms with E-state index in [0.29, 0.717) is 0 Å². The maximum atomic E-state index is 13.1. The van der Waals surface area contributed by atoms with Gasteiger partial charge in [-0.25, -0.2) is 8.78 Å². The Balaban J connectivity index is 6.58. The van der Waals surface area contributed by atoms with Crippen LogP contribution in [-0.4, -0.2) is 59.0 Å². The van der Waals surface area contributed by atoms with Crippen molar-refractivity contribution in [2.75, 3.05) is 0 Å². The highest BCUT2D eigenvalue weighted by Gasteiger charge is 2.93. The summed E-state index contributed by atoms with van der Waals surface area (Å²) in [4.78, 5) is 9.90. The van der Waals surface area contributed by atoms with Crippen molar-refractivity contribution in [2.24, 2.45) is 0 Å². The highest BCUT2D eigenvalue weighted by molar-refractivity contribution is 5.68. The van der Waals surface area contributed by atoms with Crippen molar-refractivity contribution in [1.29, 1.82) is 0 Å². The second kappa shape index (κ2) is 6.70. The Morgan fingerprint density at radius 3 is 1.18 bits per heavy atom. The molecule has 0 fully saturated rings. The quantitative estimate of drug-likeness (QED) is 0.483. The molecule has 0 aliphatic rings. The molecule has 0 aromatic rings. The lowest BCUT2D eigenvalue weighted by atomic mass is 9.88. The molecule has 0 aromatic heterocycles. The van der Waals surface area contributed by atoms with E-state index in [0.717, 1.165) is 0 Å². The molecule has 0 unspecified atom stereocenters. The van der Waals surface area contributed by atoms with E-state index >= 15 is 0 Å². The van der Waals surface area contributed by atoms with Crippen molar-refractivity contribution in [1.82, 2.24) is 0 Å². The molecule has 18 heteroatoms. The number of alkyl halides is 16. The highest BCUT2D eigenvalue weighted by Crippen LogP contribution is 2.63. The first-order chi connectivity index (χ1) is 11.9. The molecule has 168 valence electrons. The Labute approximate surface area is 142 Å². The lowest BCUT2D eigenvalue weighted by Crippen LogP contribution is -2.73. The Bertz CT molecular complexity index is 594. The zero-order valence-corrected chi connectivity index (χ0v) is 12.2. The van der Waals surface area contributed by atoms with Crippen molar-refractivity contribution in [2.45, 2.75) is 54.3 Å². The molecular formula is C10H4F16O2. The van der Waals surface area contributed by atoms with Gasteiger partial charge in [0.2, 0.25) is 0 Å². The Kier molecular flexibility index (Phi) is 6.31. The minimum Gasteiger partial charge on any atom is -0.481 e. The van der Waals surface area contributed by atoms with E-state index in [1.807, 2.05) is 0 Å². The van der Waals surface area contributed by atoms with Gasteiger partial charge in [-0.3, -0.25) is 4.79 Å². The number of hydrogen-bond acceptors (Lipinski definition) is 1. The summed E-state index contributed by atoms with van der Waals surface area (Å²) >= 11 is 0. The summed E-state index contributed by atoms with van der Waals surface area (Å²) in [6.07, 6.45) is -9.33. The molecule has 0 aliphatic heterocycles. The van der Waals surface area contributed by atoms with Crippen LogP contribution in [-0.2, 0) is 4.79 Å². The van der Waals surface area contributed by atoms with Gasteiger partial charge < -0.3 is 5.11 Å². The number of hydrogen-bond donors (Lipinski definition) is 1. The summed E-state index contributed by atoms with van der Waals surface area (Å²) < 4.78 is 205. The molecule has 1 N–H and O–H groups in total. The second-order valence-corrected chi connectivity index (χ2v) is 5.07. The van der Waals surface area contributed by atoms with E-state index in [9.17, 15) is 75.0 Å². The lowest BCUT2D eigenvalue weighted by molar-refractivity contribution is -0.446. The van der Waals surface area contributed by atoms with Gasteiger partial charge in [-0.2, -0.15) is 61.5 Å². The number of carbonyl (C=O) groups is 1. The second-order valence-electron chi connectivity index (χ2n) is 5.07. The zero-order chi connectivity index (χ0) is 23.4. The SMILES string of the molecule is O=C(O)CC(F)(F)C(F)(F)C(F)(F)C(F)(F)C(F)(F)C(F)(F)C(F)(F)C(F)F. The van der Waals surface area contributed by atoms with Crippen LogP contribution in [0.1, 0.15) is 6.42 Å². The standard InChI is InChI=1S/C10H4F16O2/c11-3(12)5(15,16)7(19,20)9(23,24)10(25,26)8(21,22)6(17,18)4(13,14)1-2(27)28/h3H,1H2,(H,27,28). The van der Waals surface area contributed by atoms with Crippen LogP contribution >= 0.6 is 0 Å². The molecule has 0 aromatic carbocycles. The van der Waals surface area contributed by atoms with Gasteiger partial charge >= 0.3 is 53.9 Å². The van der Waals surface area contributed by atoms with Gasteiger partial charge in [-0.15, -0.1) is 0 Å². The predicted molar refractivity (Wildman–Crippen MR) is 52.9 cm³/mol. The number of rotatable bonds is 9. The summed E-state index contributed by atoms with van der Waals surface area (Å²) in [7, 11) is 0. The number of halogens is 16. The summed E-state index contributed by atoms with van der Waals surface area (Å²) in [6.45, 7) is 0. The van der Waals surface area contributed by atoms with Crippen LogP contribution in [0, 0.1) is 0 Å². The topological polar surface area (TPSA) is 37.3 Å². The van der Waals surface area contributed by atoms with Crippen molar-refractivity contribution in [3.05, 3.63) is 0 Å². The molecule has 0 rings (SSSR count). The van der Waals surface area contributed by atoms with Gasteiger partial charge in [0.25, 0.3) is 0 Å². The molecule has 0 saturated heterocycles.